The average molecular weight is 198 g/mol. The molecular weight excluding hydrogens is 176 g/mol. The van der Waals surface area contributed by atoms with Crippen molar-refractivity contribution in [3.63, 3.8) is 0 Å². The first-order valence-electron chi connectivity index (χ1n) is 5.82. The van der Waals surface area contributed by atoms with Gasteiger partial charge in [0.25, 0.3) is 0 Å². The van der Waals surface area contributed by atoms with Crippen molar-refractivity contribution in [3.8, 4) is 0 Å². The molecule has 3 heteroatoms. The van der Waals surface area contributed by atoms with Crippen LogP contribution in [0, 0.1) is 0 Å². The van der Waals surface area contributed by atoms with Crippen LogP contribution in [0.3, 0.4) is 0 Å². The molecule has 2 atom stereocenters. The molecule has 0 aromatic heterocycles. The smallest absolute Gasteiger partial charge is 0.0702 e. The van der Waals surface area contributed by atoms with Crippen LogP contribution < -0.4 is 5.32 Å². The lowest BCUT2D eigenvalue weighted by Gasteiger charge is -2.26. The summed E-state index contributed by atoms with van der Waals surface area (Å²) in [7, 11) is 2.21. The molecule has 1 aliphatic carbocycles. The van der Waals surface area contributed by atoms with Crippen molar-refractivity contribution in [1.29, 1.82) is 0 Å². The molecule has 0 amide bonds. The van der Waals surface area contributed by atoms with Gasteiger partial charge in [-0.1, -0.05) is 0 Å². The van der Waals surface area contributed by atoms with Gasteiger partial charge in [0.05, 0.1) is 6.10 Å². The molecular formula is C11H22N2O. The third-order valence-corrected chi connectivity index (χ3v) is 3.38. The maximum Gasteiger partial charge on any atom is 0.0702 e. The molecule has 14 heavy (non-hydrogen) atoms. The van der Waals surface area contributed by atoms with Gasteiger partial charge in [-0.05, 0) is 33.2 Å². The van der Waals surface area contributed by atoms with Gasteiger partial charge in [0.15, 0.2) is 0 Å². The Balaban J connectivity index is 1.63. The number of hydrogen-bond acceptors (Lipinski definition) is 3. The first kappa shape index (κ1) is 10.4. The molecule has 1 N–H and O–H groups in total. The minimum absolute atomic E-state index is 0.418. The molecule has 0 radical (unpaired) electrons. The predicted octanol–water partition coefficient (Wildman–Crippen LogP) is 0.848. The molecule has 1 saturated carbocycles. The number of hydrogen-bond donors (Lipinski definition) is 1. The predicted molar refractivity (Wildman–Crippen MR) is 57.5 cm³/mol. The zero-order valence-corrected chi connectivity index (χ0v) is 9.33. The summed E-state index contributed by atoms with van der Waals surface area (Å²) in [5.74, 6) is 0. The number of nitrogens with zero attached hydrogens (tertiary/aromatic N) is 1. The van der Waals surface area contributed by atoms with Crippen LogP contribution in [0.15, 0.2) is 0 Å². The maximum absolute atomic E-state index is 5.56. The Hall–Kier alpha value is -0.120. The van der Waals surface area contributed by atoms with Gasteiger partial charge in [-0.25, -0.2) is 0 Å². The highest BCUT2D eigenvalue weighted by Crippen LogP contribution is 2.19. The van der Waals surface area contributed by atoms with Gasteiger partial charge in [-0.3, -0.25) is 4.90 Å². The Morgan fingerprint density at radius 1 is 1.36 bits per heavy atom. The fourth-order valence-corrected chi connectivity index (χ4v) is 2.20. The Kier molecular flexibility index (Phi) is 3.42. The maximum atomic E-state index is 5.56. The highest BCUT2D eigenvalue weighted by molar-refractivity contribution is 4.83. The summed E-state index contributed by atoms with van der Waals surface area (Å²) in [4.78, 5) is 2.44. The molecule has 0 spiro atoms. The fraction of sp³-hybridized carbons (Fsp3) is 1.00. The van der Waals surface area contributed by atoms with E-state index >= 15 is 0 Å². The van der Waals surface area contributed by atoms with Crippen molar-refractivity contribution in [2.45, 2.75) is 44.4 Å². The average Bonchev–Trinajstić information content (AvgIpc) is 2.87. The number of rotatable bonds is 5. The second-order valence-electron chi connectivity index (χ2n) is 4.64. The molecule has 1 heterocycles. The van der Waals surface area contributed by atoms with Crippen molar-refractivity contribution >= 4 is 0 Å². The fourth-order valence-electron chi connectivity index (χ4n) is 2.20. The zero-order chi connectivity index (χ0) is 9.97. The molecule has 2 aliphatic rings. The second kappa shape index (κ2) is 4.60. The van der Waals surface area contributed by atoms with Crippen LogP contribution in [0.2, 0.25) is 0 Å². The Labute approximate surface area is 86.8 Å². The first-order valence-corrected chi connectivity index (χ1v) is 5.82. The second-order valence-corrected chi connectivity index (χ2v) is 4.64. The lowest BCUT2D eigenvalue weighted by molar-refractivity contribution is 0.0840. The van der Waals surface area contributed by atoms with Crippen molar-refractivity contribution in [1.82, 2.24) is 10.2 Å². The summed E-state index contributed by atoms with van der Waals surface area (Å²) in [6, 6.07) is 1.47. The molecule has 2 fully saturated rings. The van der Waals surface area contributed by atoms with E-state index in [4.69, 9.17) is 4.74 Å². The lowest BCUT2D eigenvalue weighted by Crippen LogP contribution is -2.40. The van der Waals surface area contributed by atoms with E-state index in [1.165, 1.54) is 19.3 Å². The molecule has 1 aliphatic heterocycles. The first-order chi connectivity index (χ1) is 6.77. The van der Waals surface area contributed by atoms with Crippen molar-refractivity contribution in [3.05, 3.63) is 0 Å². The Bertz CT molecular complexity index is 182. The van der Waals surface area contributed by atoms with Gasteiger partial charge in [-0.2, -0.15) is 0 Å². The molecule has 82 valence electrons. The summed E-state index contributed by atoms with van der Waals surface area (Å²) >= 11 is 0. The largest absolute Gasteiger partial charge is 0.377 e. The van der Waals surface area contributed by atoms with Crippen molar-refractivity contribution < 1.29 is 4.74 Å². The van der Waals surface area contributed by atoms with Crippen molar-refractivity contribution in [2.24, 2.45) is 0 Å². The third-order valence-electron chi connectivity index (χ3n) is 3.38. The number of nitrogens with one attached hydrogen (secondary N) is 1. The van der Waals surface area contributed by atoms with Gasteiger partial charge in [0.1, 0.15) is 0 Å². The van der Waals surface area contributed by atoms with E-state index in [0.717, 1.165) is 25.7 Å². The van der Waals surface area contributed by atoms with Crippen LogP contribution >= 0.6 is 0 Å². The van der Waals surface area contributed by atoms with Crippen LogP contribution in [-0.2, 0) is 4.74 Å². The molecule has 2 unspecified atom stereocenters. The Morgan fingerprint density at radius 2 is 2.14 bits per heavy atom. The monoisotopic (exact) mass is 198 g/mol. The molecule has 1 saturated heterocycles. The van der Waals surface area contributed by atoms with Crippen LogP contribution in [-0.4, -0.2) is 49.8 Å². The van der Waals surface area contributed by atoms with Crippen LogP contribution in [0.1, 0.15) is 26.2 Å². The normalized spacial score (nSPS) is 32.8. The summed E-state index contributed by atoms with van der Waals surface area (Å²) in [5.41, 5.74) is 0. The number of likely N-dealkylation sites (N-methyl/N-ethyl adjacent to an activating group) is 1. The van der Waals surface area contributed by atoms with Crippen LogP contribution in [0.5, 0.6) is 0 Å². The van der Waals surface area contributed by atoms with E-state index in [-0.39, 0.29) is 0 Å². The minimum Gasteiger partial charge on any atom is -0.377 e. The summed E-state index contributed by atoms with van der Waals surface area (Å²) in [6.07, 6.45) is 4.38. The highest BCUT2D eigenvalue weighted by atomic mass is 16.5. The zero-order valence-electron chi connectivity index (χ0n) is 9.33. The quantitative estimate of drug-likeness (QED) is 0.709. The molecule has 0 bridgehead atoms. The van der Waals surface area contributed by atoms with E-state index in [9.17, 15) is 0 Å². The summed E-state index contributed by atoms with van der Waals surface area (Å²) < 4.78 is 5.56. The van der Waals surface area contributed by atoms with Crippen LogP contribution in [0.4, 0.5) is 0 Å². The van der Waals surface area contributed by atoms with E-state index in [1.54, 1.807) is 0 Å². The van der Waals surface area contributed by atoms with Gasteiger partial charge in [0, 0.05) is 31.8 Å². The van der Waals surface area contributed by atoms with Gasteiger partial charge >= 0.3 is 0 Å². The highest BCUT2D eigenvalue weighted by Gasteiger charge is 2.27. The van der Waals surface area contributed by atoms with E-state index in [2.05, 4.69) is 24.2 Å². The van der Waals surface area contributed by atoms with Gasteiger partial charge in [-0.15, -0.1) is 0 Å². The SMILES string of the molecule is CC1OCCC1N(C)CCNC1CC1. The van der Waals surface area contributed by atoms with E-state index in [0.29, 0.717) is 12.1 Å². The molecule has 0 aromatic rings. The molecule has 0 aromatic carbocycles. The van der Waals surface area contributed by atoms with E-state index < -0.39 is 0 Å². The molecule has 3 nitrogen and oxygen atoms in total. The minimum atomic E-state index is 0.418. The summed E-state index contributed by atoms with van der Waals surface area (Å²) in [6.45, 7) is 5.40. The topological polar surface area (TPSA) is 24.5 Å². The molecule has 2 rings (SSSR count). The van der Waals surface area contributed by atoms with Gasteiger partial charge in [0.2, 0.25) is 0 Å². The lowest BCUT2D eigenvalue weighted by atomic mass is 10.1. The van der Waals surface area contributed by atoms with Crippen molar-refractivity contribution in [2.75, 3.05) is 26.7 Å². The standard InChI is InChI=1S/C11H22N2O/c1-9-11(5-8-14-9)13(2)7-6-12-10-3-4-10/h9-12H,3-8H2,1-2H3. The van der Waals surface area contributed by atoms with Crippen LogP contribution in [0.25, 0.3) is 0 Å². The Morgan fingerprint density at radius 3 is 2.71 bits per heavy atom. The third kappa shape index (κ3) is 2.69. The number of ether oxygens (including phenoxy) is 1. The van der Waals surface area contributed by atoms with E-state index in [1.807, 2.05) is 0 Å². The van der Waals surface area contributed by atoms with Gasteiger partial charge < -0.3 is 10.1 Å². The summed E-state index contributed by atoms with van der Waals surface area (Å²) in [5, 5.41) is 3.54.